The fraction of sp³-hybridized carbons (Fsp3) is 0.0769. The van der Waals surface area contributed by atoms with Crippen LogP contribution in [0.25, 0.3) is 0 Å². The molecule has 0 amide bonds. The summed E-state index contributed by atoms with van der Waals surface area (Å²) in [6.07, 6.45) is 0. The molecule has 0 saturated carbocycles. The number of nitrogens with one attached hydrogen (secondary N) is 1. The van der Waals surface area contributed by atoms with Gasteiger partial charge in [0.25, 0.3) is 10.0 Å². The van der Waals surface area contributed by atoms with Gasteiger partial charge >= 0.3 is 0 Å². The second-order valence-electron chi connectivity index (χ2n) is 3.90. The fourth-order valence-electron chi connectivity index (χ4n) is 1.52. The summed E-state index contributed by atoms with van der Waals surface area (Å²) in [5, 5.41) is 0. The molecule has 0 aromatic heterocycles. The summed E-state index contributed by atoms with van der Waals surface area (Å²) >= 11 is 3.33. The van der Waals surface area contributed by atoms with Crippen LogP contribution in [0.2, 0.25) is 0 Å². The molecule has 5 heteroatoms. The van der Waals surface area contributed by atoms with Crippen molar-refractivity contribution in [3.8, 4) is 0 Å². The van der Waals surface area contributed by atoms with Crippen molar-refractivity contribution in [2.75, 3.05) is 4.72 Å². The highest BCUT2D eigenvalue weighted by molar-refractivity contribution is 9.10. The zero-order chi connectivity index (χ0) is 13.2. The molecule has 3 nitrogen and oxygen atoms in total. The van der Waals surface area contributed by atoms with Crippen LogP contribution < -0.4 is 4.72 Å². The lowest BCUT2D eigenvalue weighted by atomic mass is 10.2. The van der Waals surface area contributed by atoms with Crippen LogP contribution in [0.3, 0.4) is 0 Å². The molecule has 0 unspecified atom stereocenters. The SMILES string of the molecule is Cc1ccc(Br)c(NS(=O)(=O)c2ccccc2)c1. The number of benzene rings is 2. The smallest absolute Gasteiger partial charge is 0.261 e. The van der Waals surface area contributed by atoms with E-state index < -0.39 is 10.0 Å². The van der Waals surface area contributed by atoms with Gasteiger partial charge in [0.2, 0.25) is 0 Å². The molecule has 2 rings (SSSR count). The van der Waals surface area contributed by atoms with Crippen LogP contribution in [0.4, 0.5) is 5.69 Å². The molecule has 0 atom stereocenters. The van der Waals surface area contributed by atoms with Gasteiger partial charge in [-0.1, -0.05) is 24.3 Å². The van der Waals surface area contributed by atoms with Crippen molar-refractivity contribution in [2.45, 2.75) is 11.8 Å². The van der Waals surface area contributed by atoms with Crippen molar-refractivity contribution in [1.82, 2.24) is 0 Å². The van der Waals surface area contributed by atoms with Crippen LogP contribution >= 0.6 is 15.9 Å². The normalized spacial score (nSPS) is 11.2. The first-order valence-electron chi connectivity index (χ1n) is 5.33. The van der Waals surface area contributed by atoms with Gasteiger partial charge in [0.05, 0.1) is 10.6 Å². The van der Waals surface area contributed by atoms with Gasteiger partial charge in [-0.25, -0.2) is 8.42 Å². The predicted octanol–water partition coefficient (Wildman–Crippen LogP) is 3.56. The first-order valence-corrected chi connectivity index (χ1v) is 7.61. The third-order valence-corrected chi connectivity index (χ3v) is 4.49. The largest absolute Gasteiger partial charge is 0.278 e. The van der Waals surface area contributed by atoms with Gasteiger partial charge < -0.3 is 0 Å². The van der Waals surface area contributed by atoms with E-state index in [0.717, 1.165) is 5.56 Å². The van der Waals surface area contributed by atoms with Crippen LogP contribution in [0.15, 0.2) is 57.9 Å². The molecule has 0 aliphatic rings. The van der Waals surface area contributed by atoms with Gasteiger partial charge in [-0.3, -0.25) is 4.72 Å². The molecule has 0 aliphatic carbocycles. The van der Waals surface area contributed by atoms with Crippen LogP contribution in [0, 0.1) is 6.92 Å². The second-order valence-corrected chi connectivity index (χ2v) is 6.44. The van der Waals surface area contributed by atoms with E-state index in [1.54, 1.807) is 36.4 Å². The summed E-state index contributed by atoms with van der Waals surface area (Å²) < 4.78 is 27.6. The first kappa shape index (κ1) is 13.1. The summed E-state index contributed by atoms with van der Waals surface area (Å²) in [5.74, 6) is 0. The number of anilines is 1. The summed E-state index contributed by atoms with van der Waals surface area (Å²) in [6.45, 7) is 1.91. The van der Waals surface area contributed by atoms with E-state index in [1.165, 1.54) is 0 Å². The Morgan fingerprint density at radius 2 is 1.72 bits per heavy atom. The Morgan fingerprint density at radius 3 is 2.39 bits per heavy atom. The van der Waals surface area contributed by atoms with Crippen molar-refractivity contribution in [3.05, 3.63) is 58.6 Å². The van der Waals surface area contributed by atoms with Gasteiger partial charge in [0, 0.05) is 4.47 Å². The molecule has 1 N–H and O–H groups in total. The lowest BCUT2D eigenvalue weighted by molar-refractivity contribution is 0.601. The van der Waals surface area contributed by atoms with Crippen molar-refractivity contribution >= 4 is 31.6 Å². The maximum Gasteiger partial charge on any atom is 0.261 e. The average molecular weight is 326 g/mol. The topological polar surface area (TPSA) is 46.2 Å². The highest BCUT2D eigenvalue weighted by Gasteiger charge is 2.14. The van der Waals surface area contributed by atoms with Gasteiger partial charge in [0.1, 0.15) is 0 Å². The summed E-state index contributed by atoms with van der Waals surface area (Å²) in [4.78, 5) is 0.249. The van der Waals surface area contributed by atoms with Crippen LogP contribution in [0.5, 0.6) is 0 Å². The number of sulfonamides is 1. The molecule has 0 spiro atoms. The monoisotopic (exact) mass is 325 g/mol. The van der Waals surface area contributed by atoms with Crippen LogP contribution in [0.1, 0.15) is 5.56 Å². The molecule has 0 aliphatic heterocycles. The van der Waals surface area contributed by atoms with Gasteiger partial charge in [-0.05, 0) is 52.7 Å². The van der Waals surface area contributed by atoms with E-state index in [9.17, 15) is 8.42 Å². The van der Waals surface area contributed by atoms with Gasteiger partial charge in [0.15, 0.2) is 0 Å². The third kappa shape index (κ3) is 2.91. The Bertz CT molecular complexity index is 654. The average Bonchev–Trinajstić information content (AvgIpc) is 2.35. The number of aryl methyl sites for hydroxylation is 1. The maximum atomic E-state index is 12.1. The summed E-state index contributed by atoms with van der Waals surface area (Å²) in [5.41, 5.74) is 1.53. The molecule has 0 heterocycles. The van der Waals surface area contributed by atoms with Crippen molar-refractivity contribution < 1.29 is 8.42 Å². The minimum absolute atomic E-state index is 0.249. The van der Waals surface area contributed by atoms with Crippen molar-refractivity contribution in [3.63, 3.8) is 0 Å². The Balaban J connectivity index is 2.37. The Hall–Kier alpha value is -1.33. The number of rotatable bonds is 3. The Kier molecular flexibility index (Phi) is 3.73. The van der Waals surface area contributed by atoms with Gasteiger partial charge in [-0.15, -0.1) is 0 Å². The molecule has 0 bridgehead atoms. The molecule has 0 radical (unpaired) electrons. The van der Waals surface area contributed by atoms with E-state index in [0.29, 0.717) is 10.2 Å². The minimum Gasteiger partial charge on any atom is -0.278 e. The summed E-state index contributed by atoms with van der Waals surface area (Å²) in [7, 11) is -3.53. The quantitative estimate of drug-likeness (QED) is 0.937. The standard InChI is InChI=1S/C13H12BrNO2S/c1-10-7-8-12(14)13(9-10)15-18(16,17)11-5-3-2-4-6-11/h2-9,15H,1H3. The Labute approximate surface area is 115 Å². The van der Waals surface area contributed by atoms with Crippen LogP contribution in [-0.4, -0.2) is 8.42 Å². The van der Waals surface area contributed by atoms with E-state index in [-0.39, 0.29) is 4.90 Å². The third-order valence-electron chi connectivity index (χ3n) is 2.42. The maximum absolute atomic E-state index is 12.1. The predicted molar refractivity (Wildman–Crippen MR) is 76.1 cm³/mol. The molecule has 18 heavy (non-hydrogen) atoms. The van der Waals surface area contributed by atoms with E-state index >= 15 is 0 Å². The second kappa shape index (κ2) is 5.12. The first-order chi connectivity index (χ1) is 8.49. The number of halogens is 1. The fourth-order valence-corrected chi connectivity index (χ4v) is 3.09. The molecular weight excluding hydrogens is 314 g/mol. The minimum atomic E-state index is -3.53. The molecular formula is C13H12BrNO2S. The Morgan fingerprint density at radius 1 is 1.06 bits per heavy atom. The molecule has 0 fully saturated rings. The lowest BCUT2D eigenvalue weighted by Crippen LogP contribution is -2.13. The number of hydrogen-bond acceptors (Lipinski definition) is 2. The van der Waals surface area contributed by atoms with Gasteiger partial charge in [-0.2, -0.15) is 0 Å². The highest BCUT2D eigenvalue weighted by Crippen LogP contribution is 2.25. The molecule has 94 valence electrons. The van der Waals surface area contributed by atoms with Crippen molar-refractivity contribution in [2.24, 2.45) is 0 Å². The summed E-state index contributed by atoms with van der Waals surface area (Å²) in [6, 6.07) is 13.8. The molecule has 0 saturated heterocycles. The number of hydrogen-bond donors (Lipinski definition) is 1. The van der Waals surface area contributed by atoms with E-state index in [1.807, 2.05) is 19.1 Å². The molecule has 2 aromatic rings. The lowest BCUT2D eigenvalue weighted by Gasteiger charge is -2.10. The van der Waals surface area contributed by atoms with Crippen molar-refractivity contribution in [1.29, 1.82) is 0 Å². The van der Waals surface area contributed by atoms with E-state index in [2.05, 4.69) is 20.7 Å². The molecule has 2 aromatic carbocycles. The zero-order valence-corrected chi connectivity index (χ0v) is 12.1. The highest BCUT2D eigenvalue weighted by atomic mass is 79.9. The zero-order valence-electron chi connectivity index (χ0n) is 9.72. The van der Waals surface area contributed by atoms with Crippen LogP contribution in [-0.2, 0) is 10.0 Å². The van der Waals surface area contributed by atoms with E-state index in [4.69, 9.17) is 0 Å².